The third-order valence-electron chi connectivity index (χ3n) is 4.40. The highest BCUT2D eigenvalue weighted by atomic mass is 16.3. The predicted molar refractivity (Wildman–Crippen MR) is 101 cm³/mol. The first-order valence-electron chi connectivity index (χ1n) is 8.99. The fraction of sp³-hybridized carbons (Fsp3) is 0.333. The summed E-state index contributed by atoms with van der Waals surface area (Å²) in [5.41, 5.74) is 0.765. The van der Waals surface area contributed by atoms with E-state index in [1.165, 1.54) is 36.4 Å². The van der Waals surface area contributed by atoms with Crippen molar-refractivity contribution in [2.24, 2.45) is 0 Å². The highest BCUT2D eigenvalue weighted by Crippen LogP contribution is 2.26. The smallest absolute Gasteiger partial charge is 0.163 e. The molecule has 6 heteroatoms. The van der Waals surface area contributed by atoms with Crippen LogP contribution in [-0.2, 0) is 0 Å². The molecular formula is C21H24O6. The number of phenolic OH excluding ortho intramolecular Hbond substituents is 4. The highest BCUT2D eigenvalue weighted by molar-refractivity contribution is 5.97. The second-order valence-electron chi connectivity index (χ2n) is 6.52. The van der Waals surface area contributed by atoms with Gasteiger partial charge in [-0.2, -0.15) is 0 Å². The minimum atomic E-state index is -0.299. The maximum atomic E-state index is 12.0. The summed E-state index contributed by atoms with van der Waals surface area (Å²) in [6.07, 6.45) is 4.82. The Balaban J connectivity index is 1.61. The summed E-state index contributed by atoms with van der Waals surface area (Å²) in [5, 5.41) is 37.3. The molecule has 0 amide bonds. The van der Waals surface area contributed by atoms with Crippen LogP contribution in [-0.4, -0.2) is 32.0 Å². The standard InChI is InChI=1S/C21H24O6/c22-16(14-8-10-18(24)20(26)12-14)6-4-2-1-3-5-7-17(23)15-9-11-19(25)21(27)13-15/h8-13,24-27H,1-7H2. The maximum absolute atomic E-state index is 12.0. The molecule has 0 aliphatic heterocycles. The van der Waals surface area contributed by atoms with E-state index in [1.807, 2.05) is 0 Å². The first kappa shape index (κ1) is 20.3. The lowest BCUT2D eigenvalue weighted by Gasteiger charge is -2.05. The quantitative estimate of drug-likeness (QED) is 0.281. The number of carbonyl (C=O) groups excluding carboxylic acids is 2. The topological polar surface area (TPSA) is 115 Å². The maximum Gasteiger partial charge on any atom is 0.163 e. The van der Waals surface area contributed by atoms with E-state index in [9.17, 15) is 30.0 Å². The van der Waals surface area contributed by atoms with Gasteiger partial charge in [-0.25, -0.2) is 0 Å². The Labute approximate surface area is 157 Å². The van der Waals surface area contributed by atoms with Crippen LogP contribution in [0.3, 0.4) is 0 Å². The van der Waals surface area contributed by atoms with E-state index in [2.05, 4.69) is 0 Å². The third kappa shape index (κ3) is 6.02. The summed E-state index contributed by atoms with van der Waals surface area (Å²) in [6.45, 7) is 0. The van der Waals surface area contributed by atoms with Gasteiger partial charge in [-0.05, 0) is 49.2 Å². The van der Waals surface area contributed by atoms with Gasteiger partial charge in [0.15, 0.2) is 34.6 Å². The molecule has 2 aromatic rings. The number of phenols is 4. The Morgan fingerprint density at radius 1 is 0.556 bits per heavy atom. The van der Waals surface area contributed by atoms with Gasteiger partial charge >= 0.3 is 0 Å². The van der Waals surface area contributed by atoms with E-state index < -0.39 is 0 Å². The molecular weight excluding hydrogens is 348 g/mol. The van der Waals surface area contributed by atoms with Crippen molar-refractivity contribution in [3.05, 3.63) is 47.5 Å². The Kier molecular flexibility index (Phi) is 7.23. The third-order valence-corrected chi connectivity index (χ3v) is 4.40. The zero-order valence-electron chi connectivity index (χ0n) is 15.0. The van der Waals surface area contributed by atoms with Crippen LogP contribution < -0.4 is 0 Å². The van der Waals surface area contributed by atoms with Gasteiger partial charge < -0.3 is 20.4 Å². The Bertz CT molecular complexity index is 745. The van der Waals surface area contributed by atoms with E-state index in [4.69, 9.17) is 0 Å². The molecule has 144 valence electrons. The van der Waals surface area contributed by atoms with Gasteiger partial charge in [0.25, 0.3) is 0 Å². The van der Waals surface area contributed by atoms with Crippen molar-refractivity contribution in [2.75, 3.05) is 0 Å². The monoisotopic (exact) mass is 372 g/mol. The van der Waals surface area contributed by atoms with Crippen molar-refractivity contribution in [3.63, 3.8) is 0 Å². The molecule has 0 unspecified atom stereocenters. The van der Waals surface area contributed by atoms with Gasteiger partial charge in [0, 0.05) is 24.0 Å². The van der Waals surface area contributed by atoms with Crippen LogP contribution in [0.4, 0.5) is 0 Å². The van der Waals surface area contributed by atoms with Gasteiger partial charge in [-0.15, -0.1) is 0 Å². The largest absolute Gasteiger partial charge is 0.504 e. The molecule has 4 N–H and O–H groups in total. The first-order valence-corrected chi connectivity index (χ1v) is 8.99. The highest BCUT2D eigenvalue weighted by Gasteiger charge is 2.10. The molecule has 6 nitrogen and oxygen atoms in total. The SMILES string of the molecule is O=C(CCCCCCCC(=O)c1ccc(O)c(O)c1)c1ccc(O)c(O)c1. The molecule has 0 spiro atoms. The van der Waals surface area contributed by atoms with Gasteiger partial charge in [0.1, 0.15) is 0 Å². The molecule has 0 heterocycles. The summed E-state index contributed by atoms with van der Waals surface area (Å²) < 4.78 is 0. The van der Waals surface area contributed by atoms with Crippen molar-refractivity contribution in [1.82, 2.24) is 0 Å². The number of carbonyl (C=O) groups is 2. The molecule has 0 aromatic heterocycles. The number of hydrogen-bond acceptors (Lipinski definition) is 6. The second-order valence-corrected chi connectivity index (χ2v) is 6.52. The molecule has 0 bridgehead atoms. The molecule has 0 fully saturated rings. The summed E-state index contributed by atoms with van der Waals surface area (Å²) >= 11 is 0. The molecule has 27 heavy (non-hydrogen) atoms. The molecule has 0 radical (unpaired) electrons. The fourth-order valence-electron chi connectivity index (χ4n) is 2.78. The fourth-order valence-corrected chi connectivity index (χ4v) is 2.78. The number of ketones is 2. The predicted octanol–water partition coefficient (Wildman–Crippen LogP) is 4.31. The van der Waals surface area contributed by atoms with Crippen molar-refractivity contribution in [1.29, 1.82) is 0 Å². The summed E-state index contributed by atoms with van der Waals surface area (Å²) in [7, 11) is 0. The number of hydrogen-bond donors (Lipinski definition) is 4. The van der Waals surface area contributed by atoms with Crippen molar-refractivity contribution in [2.45, 2.75) is 44.9 Å². The number of aromatic hydroxyl groups is 4. The van der Waals surface area contributed by atoms with Crippen molar-refractivity contribution >= 4 is 11.6 Å². The Morgan fingerprint density at radius 3 is 1.30 bits per heavy atom. The molecule has 0 saturated carbocycles. The first-order chi connectivity index (χ1) is 12.9. The zero-order valence-corrected chi connectivity index (χ0v) is 15.0. The van der Waals surface area contributed by atoms with Gasteiger partial charge in [0.2, 0.25) is 0 Å². The molecule has 0 atom stereocenters. The van der Waals surface area contributed by atoms with Gasteiger partial charge in [-0.3, -0.25) is 9.59 Å². The number of benzene rings is 2. The minimum absolute atomic E-state index is 0.0763. The average molecular weight is 372 g/mol. The van der Waals surface area contributed by atoms with E-state index >= 15 is 0 Å². The van der Waals surface area contributed by atoms with Crippen LogP contribution in [0, 0.1) is 0 Å². The van der Waals surface area contributed by atoms with Crippen LogP contribution in [0.2, 0.25) is 0 Å². The van der Waals surface area contributed by atoms with Crippen LogP contribution >= 0.6 is 0 Å². The summed E-state index contributed by atoms with van der Waals surface area (Å²) in [5.74, 6) is -1.24. The lowest BCUT2D eigenvalue weighted by molar-refractivity contribution is 0.0973. The minimum Gasteiger partial charge on any atom is -0.504 e. The van der Waals surface area contributed by atoms with Crippen LogP contribution in [0.1, 0.15) is 65.7 Å². The van der Waals surface area contributed by atoms with Crippen molar-refractivity contribution in [3.8, 4) is 23.0 Å². The van der Waals surface area contributed by atoms with Crippen molar-refractivity contribution < 1.29 is 30.0 Å². The molecule has 0 aliphatic carbocycles. The summed E-state index contributed by atoms with van der Waals surface area (Å²) in [6, 6.07) is 8.11. The second kappa shape index (κ2) is 9.62. The number of unbranched alkanes of at least 4 members (excludes halogenated alkanes) is 4. The number of rotatable bonds is 10. The summed E-state index contributed by atoms with van der Waals surface area (Å²) in [4.78, 5) is 24.0. The normalized spacial score (nSPS) is 10.7. The van der Waals surface area contributed by atoms with Crippen LogP contribution in [0.5, 0.6) is 23.0 Å². The molecule has 2 aromatic carbocycles. The zero-order chi connectivity index (χ0) is 19.8. The molecule has 0 saturated heterocycles. The Morgan fingerprint density at radius 2 is 0.926 bits per heavy atom. The van der Waals surface area contributed by atoms with E-state index in [-0.39, 0.29) is 34.6 Å². The lowest BCUT2D eigenvalue weighted by Crippen LogP contribution is -1.99. The van der Waals surface area contributed by atoms with E-state index in [0.717, 1.165) is 32.1 Å². The lowest BCUT2D eigenvalue weighted by atomic mass is 10.0. The van der Waals surface area contributed by atoms with E-state index in [0.29, 0.717) is 24.0 Å². The number of Topliss-reactive ketones (excluding diaryl/α,β-unsaturated/α-hetero) is 2. The van der Waals surface area contributed by atoms with Gasteiger partial charge in [0.05, 0.1) is 0 Å². The van der Waals surface area contributed by atoms with E-state index in [1.54, 1.807) is 0 Å². The van der Waals surface area contributed by atoms with Crippen LogP contribution in [0.25, 0.3) is 0 Å². The van der Waals surface area contributed by atoms with Gasteiger partial charge in [-0.1, -0.05) is 19.3 Å². The molecule has 0 aliphatic rings. The molecule has 2 rings (SSSR count). The Hall–Kier alpha value is -3.02. The average Bonchev–Trinajstić information content (AvgIpc) is 2.65. The van der Waals surface area contributed by atoms with Crippen LogP contribution in [0.15, 0.2) is 36.4 Å².